The zero-order valence-electron chi connectivity index (χ0n) is 12.6. The Labute approximate surface area is 126 Å². The average molecular weight is 278 g/mol. The second-order valence-corrected chi connectivity index (χ2v) is 6.40. The van der Waals surface area contributed by atoms with Crippen molar-refractivity contribution in [3.8, 4) is 0 Å². The lowest BCUT2D eigenvalue weighted by Gasteiger charge is -2.21. The van der Waals surface area contributed by atoms with Crippen LogP contribution in [0.5, 0.6) is 0 Å². The van der Waals surface area contributed by atoms with Crippen molar-refractivity contribution in [2.45, 2.75) is 45.4 Å². The molecule has 2 aromatic rings. The maximum atomic E-state index is 3.59. The van der Waals surface area contributed by atoms with E-state index >= 15 is 0 Å². The fraction of sp³-hybridized carbons (Fsp3) is 0.368. The van der Waals surface area contributed by atoms with Crippen LogP contribution in [-0.2, 0) is 19.6 Å². The Morgan fingerprint density at radius 3 is 2.38 bits per heavy atom. The highest BCUT2D eigenvalue weighted by atomic mass is 15.1. The largest absolute Gasteiger partial charge is 0.363 e. The van der Waals surface area contributed by atoms with Crippen LogP contribution in [0.25, 0.3) is 0 Å². The van der Waals surface area contributed by atoms with Crippen molar-refractivity contribution in [1.82, 2.24) is 5.32 Å². The van der Waals surface area contributed by atoms with Gasteiger partial charge in [0.05, 0.1) is 0 Å². The van der Waals surface area contributed by atoms with Gasteiger partial charge in [-0.25, -0.2) is 0 Å². The second-order valence-electron chi connectivity index (χ2n) is 6.40. The van der Waals surface area contributed by atoms with Crippen LogP contribution in [0.2, 0.25) is 0 Å². The Morgan fingerprint density at radius 2 is 1.76 bits per heavy atom. The summed E-state index contributed by atoms with van der Waals surface area (Å²) in [6, 6.07) is 16.5. The average Bonchev–Trinajstić information content (AvgIpc) is 3.22. The van der Waals surface area contributed by atoms with E-state index in [9.17, 15) is 0 Å². The lowest BCUT2D eigenvalue weighted by atomic mass is 10.1. The van der Waals surface area contributed by atoms with Gasteiger partial charge < -0.3 is 10.2 Å². The topological polar surface area (TPSA) is 15.3 Å². The molecule has 0 atom stereocenters. The third-order valence-corrected chi connectivity index (χ3v) is 4.61. The monoisotopic (exact) mass is 278 g/mol. The molecule has 4 rings (SSSR count). The first-order valence-corrected chi connectivity index (χ1v) is 7.94. The summed E-state index contributed by atoms with van der Waals surface area (Å²) in [5, 5.41) is 3.59. The Bertz CT molecular complexity index is 633. The highest BCUT2D eigenvalue weighted by Gasteiger charge is 2.21. The number of nitrogens with one attached hydrogen (secondary N) is 1. The first kappa shape index (κ1) is 12.9. The number of hydrogen-bond acceptors (Lipinski definition) is 2. The molecule has 1 N–H and O–H groups in total. The Morgan fingerprint density at radius 1 is 1.05 bits per heavy atom. The minimum absolute atomic E-state index is 0.776. The minimum Gasteiger partial charge on any atom is -0.363 e. The van der Waals surface area contributed by atoms with Gasteiger partial charge in [0.1, 0.15) is 0 Å². The van der Waals surface area contributed by atoms with Gasteiger partial charge in [0.25, 0.3) is 0 Å². The van der Waals surface area contributed by atoms with E-state index in [0.29, 0.717) is 0 Å². The molecule has 2 heteroatoms. The summed E-state index contributed by atoms with van der Waals surface area (Å²) in [4.78, 5) is 2.48. The molecular weight excluding hydrogens is 256 g/mol. The third kappa shape index (κ3) is 2.68. The Balaban J connectivity index is 1.50. The summed E-state index contributed by atoms with van der Waals surface area (Å²) >= 11 is 0. The van der Waals surface area contributed by atoms with Crippen LogP contribution >= 0.6 is 0 Å². The number of nitrogens with zero attached hydrogens (tertiary/aromatic N) is 1. The van der Waals surface area contributed by atoms with Crippen LogP contribution in [-0.4, -0.2) is 6.04 Å². The van der Waals surface area contributed by atoms with Crippen molar-refractivity contribution in [1.29, 1.82) is 0 Å². The molecule has 0 saturated heterocycles. The smallest absolute Gasteiger partial charge is 0.0436 e. The molecule has 1 saturated carbocycles. The van der Waals surface area contributed by atoms with E-state index in [0.717, 1.165) is 25.7 Å². The fourth-order valence-electron chi connectivity index (χ4n) is 3.24. The lowest BCUT2D eigenvalue weighted by Crippen LogP contribution is -2.17. The van der Waals surface area contributed by atoms with Crippen molar-refractivity contribution in [2.24, 2.45) is 0 Å². The van der Waals surface area contributed by atoms with Crippen LogP contribution in [0.15, 0.2) is 42.5 Å². The molecule has 21 heavy (non-hydrogen) atoms. The molecule has 0 aromatic heterocycles. The molecule has 108 valence electrons. The van der Waals surface area contributed by atoms with E-state index < -0.39 is 0 Å². The van der Waals surface area contributed by atoms with E-state index in [4.69, 9.17) is 0 Å². The van der Waals surface area contributed by atoms with Crippen LogP contribution in [0.1, 0.15) is 35.1 Å². The fourth-order valence-corrected chi connectivity index (χ4v) is 3.24. The highest BCUT2D eigenvalue weighted by Crippen LogP contribution is 2.31. The van der Waals surface area contributed by atoms with Crippen molar-refractivity contribution < 1.29 is 0 Å². The van der Waals surface area contributed by atoms with E-state index in [1.807, 2.05) is 0 Å². The molecule has 2 nitrogen and oxygen atoms in total. The summed E-state index contributed by atoms with van der Waals surface area (Å²) in [6.45, 7) is 5.32. The number of anilines is 1. The van der Waals surface area contributed by atoms with Crippen LogP contribution in [0, 0.1) is 6.92 Å². The van der Waals surface area contributed by atoms with E-state index in [1.54, 1.807) is 0 Å². The zero-order valence-corrected chi connectivity index (χ0v) is 12.6. The quantitative estimate of drug-likeness (QED) is 0.916. The number of rotatable bonds is 4. The molecule has 1 heterocycles. The molecule has 0 radical (unpaired) electrons. The standard InChI is InChI=1S/C19H22N2/c1-14-10-15(11-20-18-7-8-18)6-9-19(14)21-12-16-4-2-3-5-17(16)13-21/h2-6,9-10,18,20H,7-8,11-13H2,1H3. The van der Waals surface area contributed by atoms with Gasteiger partial charge in [0, 0.05) is 31.4 Å². The summed E-state index contributed by atoms with van der Waals surface area (Å²) in [5.41, 5.74) is 7.10. The molecule has 0 bridgehead atoms. The minimum atomic E-state index is 0.776. The first-order chi connectivity index (χ1) is 10.3. The van der Waals surface area contributed by atoms with Gasteiger partial charge in [-0.2, -0.15) is 0 Å². The summed E-state index contributed by atoms with van der Waals surface area (Å²) in [7, 11) is 0. The van der Waals surface area contributed by atoms with E-state index in [-0.39, 0.29) is 0 Å². The third-order valence-electron chi connectivity index (χ3n) is 4.61. The Kier molecular flexibility index (Phi) is 3.19. The van der Waals surface area contributed by atoms with Crippen molar-refractivity contribution >= 4 is 5.69 Å². The van der Waals surface area contributed by atoms with Crippen LogP contribution in [0.4, 0.5) is 5.69 Å². The Hall–Kier alpha value is -1.80. The maximum absolute atomic E-state index is 3.59. The second kappa shape index (κ2) is 5.19. The van der Waals surface area contributed by atoms with Crippen molar-refractivity contribution in [3.63, 3.8) is 0 Å². The molecule has 0 spiro atoms. The van der Waals surface area contributed by atoms with Crippen molar-refractivity contribution in [3.05, 3.63) is 64.7 Å². The zero-order chi connectivity index (χ0) is 14.2. The molecule has 0 amide bonds. The van der Waals surface area contributed by atoms with Gasteiger partial charge in [-0.05, 0) is 48.1 Å². The van der Waals surface area contributed by atoms with Crippen LogP contribution in [0.3, 0.4) is 0 Å². The highest BCUT2D eigenvalue weighted by molar-refractivity contribution is 5.57. The van der Waals surface area contributed by atoms with Crippen molar-refractivity contribution in [2.75, 3.05) is 4.90 Å². The summed E-state index contributed by atoms with van der Waals surface area (Å²) in [5.74, 6) is 0. The number of fused-ring (bicyclic) bond motifs is 1. The molecule has 2 aromatic carbocycles. The number of benzene rings is 2. The molecule has 1 fully saturated rings. The van der Waals surface area contributed by atoms with Gasteiger partial charge in [-0.1, -0.05) is 36.4 Å². The van der Waals surface area contributed by atoms with Crippen LogP contribution < -0.4 is 10.2 Å². The molecular formula is C19H22N2. The maximum Gasteiger partial charge on any atom is 0.0436 e. The van der Waals surface area contributed by atoms with Gasteiger partial charge in [-0.3, -0.25) is 0 Å². The SMILES string of the molecule is Cc1cc(CNC2CC2)ccc1N1Cc2ccccc2C1. The molecule has 1 aliphatic heterocycles. The van der Waals surface area contributed by atoms with Gasteiger partial charge >= 0.3 is 0 Å². The molecule has 0 unspecified atom stereocenters. The predicted octanol–water partition coefficient (Wildman–Crippen LogP) is 3.77. The molecule has 1 aliphatic carbocycles. The summed E-state index contributed by atoms with van der Waals surface area (Å²) in [6.07, 6.45) is 2.70. The first-order valence-electron chi connectivity index (χ1n) is 7.94. The number of hydrogen-bond donors (Lipinski definition) is 1. The van der Waals surface area contributed by atoms with E-state index in [2.05, 4.69) is 59.6 Å². The lowest BCUT2D eigenvalue weighted by molar-refractivity contribution is 0.687. The summed E-state index contributed by atoms with van der Waals surface area (Å²) < 4.78 is 0. The van der Waals surface area contributed by atoms with Gasteiger partial charge in [0.15, 0.2) is 0 Å². The normalized spacial score (nSPS) is 17.1. The van der Waals surface area contributed by atoms with Gasteiger partial charge in [0.2, 0.25) is 0 Å². The number of aryl methyl sites for hydroxylation is 1. The predicted molar refractivity (Wildman–Crippen MR) is 87.4 cm³/mol. The molecule has 2 aliphatic rings. The van der Waals surface area contributed by atoms with E-state index in [1.165, 1.54) is 40.8 Å². The van der Waals surface area contributed by atoms with Gasteiger partial charge in [-0.15, -0.1) is 0 Å².